The first kappa shape index (κ1) is 15.7. The van der Waals surface area contributed by atoms with Crippen LogP contribution in [0.25, 0.3) is 0 Å². The maximum atomic E-state index is 12.5. The number of nitrogens with zero attached hydrogens (tertiary/aromatic N) is 4. The molecule has 1 aliphatic heterocycles. The smallest absolute Gasteiger partial charge is 0.254 e. The molecule has 1 saturated heterocycles. The van der Waals surface area contributed by atoms with Crippen LogP contribution in [0.5, 0.6) is 0 Å². The minimum Gasteiger partial charge on any atom is -0.347 e. The molecule has 6 nitrogen and oxygen atoms in total. The van der Waals surface area contributed by atoms with Crippen molar-refractivity contribution in [1.82, 2.24) is 20.3 Å². The molecule has 1 fully saturated rings. The largest absolute Gasteiger partial charge is 0.347 e. The maximum absolute atomic E-state index is 12.5. The van der Waals surface area contributed by atoms with Gasteiger partial charge in [0, 0.05) is 37.7 Å². The van der Waals surface area contributed by atoms with Gasteiger partial charge >= 0.3 is 0 Å². The quantitative estimate of drug-likeness (QED) is 0.865. The number of aromatic nitrogens is 3. The molecule has 120 valence electrons. The van der Waals surface area contributed by atoms with Gasteiger partial charge < -0.3 is 10.2 Å². The molecule has 2 aromatic heterocycles. The second-order valence-electron chi connectivity index (χ2n) is 5.37. The molecule has 7 heteroatoms. The third-order valence-corrected chi connectivity index (χ3v) is 4.51. The number of amides is 1. The molecule has 3 heterocycles. The number of piperidine rings is 1. The fraction of sp³-hybridized carbons (Fsp3) is 0.375. The van der Waals surface area contributed by atoms with Crippen molar-refractivity contribution in [2.24, 2.45) is 0 Å². The molecule has 23 heavy (non-hydrogen) atoms. The molecule has 0 saturated carbocycles. The highest BCUT2D eigenvalue weighted by atomic mass is 32.2. The van der Waals surface area contributed by atoms with Gasteiger partial charge in [-0.15, -0.1) is 11.8 Å². The number of hydrogen-bond acceptors (Lipinski definition) is 6. The Balaban J connectivity index is 1.67. The van der Waals surface area contributed by atoms with E-state index in [1.807, 2.05) is 12.3 Å². The van der Waals surface area contributed by atoms with Gasteiger partial charge in [0.25, 0.3) is 5.91 Å². The maximum Gasteiger partial charge on any atom is 0.254 e. The summed E-state index contributed by atoms with van der Waals surface area (Å²) in [5, 5.41) is 3.87. The summed E-state index contributed by atoms with van der Waals surface area (Å²) in [6.45, 7) is 1.64. The molecule has 0 radical (unpaired) electrons. The number of carbonyl (C=O) groups is 1. The van der Waals surface area contributed by atoms with Gasteiger partial charge in [-0.2, -0.15) is 0 Å². The third-order valence-electron chi connectivity index (χ3n) is 3.80. The van der Waals surface area contributed by atoms with Crippen LogP contribution in [0.3, 0.4) is 0 Å². The fourth-order valence-electron chi connectivity index (χ4n) is 2.72. The summed E-state index contributed by atoms with van der Waals surface area (Å²) in [6.07, 6.45) is 9.08. The molecule has 1 unspecified atom stereocenters. The summed E-state index contributed by atoms with van der Waals surface area (Å²) in [4.78, 5) is 27.5. The van der Waals surface area contributed by atoms with Crippen molar-refractivity contribution in [2.75, 3.05) is 24.2 Å². The van der Waals surface area contributed by atoms with Gasteiger partial charge in [-0.25, -0.2) is 15.0 Å². The first-order chi connectivity index (χ1) is 11.3. The van der Waals surface area contributed by atoms with Crippen LogP contribution in [0, 0.1) is 0 Å². The Morgan fingerprint density at radius 2 is 2.04 bits per heavy atom. The molecule has 1 N–H and O–H groups in total. The van der Waals surface area contributed by atoms with Gasteiger partial charge in [-0.3, -0.25) is 4.79 Å². The van der Waals surface area contributed by atoms with Crippen molar-refractivity contribution in [1.29, 1.82) is 0 Å². The average Bonchev–Trinajstić information content (AvgIpc) is 2.62. The van der Waals surface area contributed by atoms with Crippen molar-refractivity contribution >= 4 is 23.6 Å². The SMILES string of the molecule is CSc1ncccc1C(=O)NC1CCCN(c2ncccn2)C1. The van der Waals surface area contributed by atoms with Gasteiger partial charge in [0.15, 0.2) is 0 Å². The number of pyridine rings is 1. The number of hydrogen-bond donors (Lipinski definition) is 1. The molecular weight excluding hydrogens is 310 g/mol. The van der Waals surface area contributed by atoms with E-state index in [-0.39, 0.29) is 11.9 Å². The second kappa shape index (κ2) is 7.41. The van der Waals surface area contributed by atoms with Crippen LogP contribution in [-0.2, 0) is 0 Å². The molecule has 0 bridgehead atoms. The Labute approximate surface area is 139 Å². The predicted molar refractivity (Wildman–Crippen MR) is 90.8 cm³/mol. The summed E-state index contributed by atoms with van der Waals surface area (Å²) in [6, 6.07) is 5.50. The third kappa shape index (κ3) is 3.79. The first-order valence-electron chi connectivity index (χ1n) is 7.60. The predicted octanol–water partition coefficient (Wildman–Crippen LogP) is 1.99. The molecule has 0 spiro atoms. The summed E-state index contributed by atoms with van der Waals surface area (Å²) in [5.41, 5.74) is 0.632. The van der Waals surface area contributed by atoms with Crippen LogP contribution in [0.1, 0.15) is 23.2 Å². The van der Waals surface area contributed by atoms with E-state index < -0.39 is 0 Å². The number of rotatable bonds is 4. The summed E-state index contributed by atoms with van der Waals surface area (Å²) < 4.78 is 0. The minimum atomic E-state index is -0.0664. The van der Waals surface area contributed by atoms with Gasteiger partial charge in [-0.05, 0) is 37.3 Å². The van der Waals surface area contributed by atoms with Crippen molar-refractivity contribution in [3.8, 4) is 0 Å². The topological polar surface area (TPSA) is 71.0 Å². The van der Waals surface area contributed by atoms with Crippen molar-refractivity contribution < 1.29 is 4.79 Å². The molecule has 3 rings (SSSR count). The normalized spacial score (nSPS) is 17.8. The highest BCUT2D eigenvalue weighted by molar-refractivity contribution is 7.98. The zero-order valence-corrected chi connectivity index (χ0v) is 13.8. The monoisotopic (exact) mass is 329 g/mol. The number of carbonyl (C=O) groups excluding carboxylic acids is 1. The van der Waals surface area contributed by atoms with Crippen LogP contribution in [0.4, 0.5) is 5.95 Å². The van der Waals surface area contributed by atoms with Crippen molar-refractivity contribution in [3.63, 3.8) is 0 Å². The van der Waals surface area contributed by atoms with E-state index in [4.69, 9.17) is 0 Å². The van der Waals surface area contributed by atoms with Gasteiger partial charge in [0.1, 0.15) is 5.03 Å². The summed E-state index contributed by atoms with van der Waals surface area (Å²) in [5.74, 6) is 0.654. The molecule has 0 aliphatic carbocycles. The van der Waals surface area contributed by atoms with Gasteiger partial charge in [0.2, 0.25) is 5.95 Å². The first-order valence-corrected chi connectivity index (χ1v) is 8.82. The second-order valence-corrected chi connectivity index (χ2v) is 6.16. The van der Waals surface area contributed by atoms with E-state index in [0.29, 0.717) is 5.56 Å². The van der Waals surface area contributed by atoms with E-state index in [9.17, 15) is 4.79 Å². The Morgan fingerprint density at radius 3 is 2.83 bits per heavy atom. The fourth-order valence-corrected chi connectivity index (χ4v) is 3.27. The van der Waals surface area contributed by atoms with Gasteiger partial charge in [0.05, 0.1) is 5.56 Å². The molecule has 2 aromatic rings. The van der Waals surface area contributed by atoms with Crippen LogP contribution in [0.15, 0.2) is 41.8 Å². The van der Waals surface area contributed by atoms with E-state index in [1.54, 1.807) is 30.7 Å². The van der Waals surface area contributed by atoms with E-state index in [2.05, 4.69) is 25.2 Å². The van der Waals surface area contributed by atoms with Gasteiger partial charge in [-0.1, -0.05) is 0 Å². The number of nitrogens with one attached hydrogen (secondary N) is 1. The average molecular weight is 329 g/mol. The summed E-state index contributed by atoms with van der Waals surface area (Å²) >= 11 is 1.48. The Morgan fingerprint density at radius 1 is 1.26 bits per heavy atom. The zero-order chi connectivity index (χ0) is 16.1. The Hall–Kier alpha value is -2.15. The van der Waals surface area contributed by atoms with Crippen LogP contribution in [0.2, 0.25) is 0 Å². The molecule has 1 atom stereocenters. The lowest BCUT2D eigenvalue weighted by molar-refractivity contribution is 0.0929. The lowest BCUT2D eigenvalue weighted by Crippen LogP contribution is -2.48. The van der Waals surface area contributed by atoms with Crippen molar-refractivity contribution in [3.05, 3.63) is 42.4 Å². The highest BCUT2D eigenvalue weighted by Gasteiger charge is 2.24. The molecule has 1 amide bonds. The van der Waals surface area contributed by atoms with E-state index >= 15 is 0 Å². The van der Waals surface area contributed by atoms with Crippen LogP contribution < -0.4 is 10.2 Å². The zero-order valence-electron chi connectivity index (χ0n) is 13.0. The standard InChI is InChI=1S/C16H19N5OS/c1-23-15-13(6-2-7-17-15)14(22)20-12-5-3-10-21(11-12)16-18-8-4-9-19-16/h2,4,6-9,12H,3,5,10-11H2,1H3,(H,20,22). The Kier molecular flexibility index (Phi) is 5.07. The van der Waals surface area contributed by atoms with Crippen LogP contribution >= 0.6 is 11.8 Å². The highest BCUT2D eigenvalue weighted by Crippen LogP contribution is 2.19. The minimum absolute atomic E-state index is 0.0664. The lowest BCUT2D eigenvalue weighted by Gasteiger charge is -2.33. The van der Waals surface area contributed by atoms with Crippen LogP contribution in [-0.4, -0.2) is 46.2 Å². The number of thioether (sulfide) groups is 1. The van der Waals surface area contributed by atoms with Crippen molar-refractivity contribution in [2.45, 2.75) is 23.9 Å². The molecular formula is C16H19N5OS. The lowest BCUT2D eigenvalue weighted by atomic mass is 10.1. The summed E-state index contributed by atoms with van der Waals surface area (Å²) in [7, 11) is 0. The molecule has 0 aromatic carbocycles. The van der Waals surface area contributed by atoms with E-state index in [0.717, 1.165) is 36.9 Å². The van der Waals surface area contributed by atoms with E-state index in [1.165, 1.54) is 11.8 Å². The molecule has 1 aliphatic rings. The Bertz CT molecular complexity index is 667. The number of anilines is 1.